The van der Waals surface area contributed by atoms with Gasteiger partial charge in [-0.1, -0.05) is 6.92 Å². The van der Waals surface area contributed by atoms with E-state index in [-0.39, 0.29) is 18.8 Å². The van der Waals surface area contributed by atoms with Gasteiger partial charge >= 0.3 is 6.18 Å². The molecule has 2 nitrogen and oxygen atoms in total. The molecule has 0 aromatic heterocycles. The summed E-state index contributed by atoms with van der Waals surface area (Å²) < 4.78 is 36.3. The highest BCUT2D eigenvalue weighted by Gasteiger charge is 2.32. The van der Waals surface area contributed by atoms with E-state index >= 15 is 0 Å². The van der Waals surface area contributed by atoms with E-state index in [2.05, 4.69) is 0 Å². The monoisotopic (exact) mass is 245 g/mol. The fourth-order valence-electron chi connectivity index (χ4n) is 1.15. The van der Waals surface area contributed by atoms with Gasteiger partial charge in [0, 0.05) is 18.8 Å². The van der Waals surface area contributed by atoms with Gasteiger partial charge in [-0.05, 0) is 12.8 Å². The van der Waals surface area contributed by atoms with Crippen LogP contribution in [0.2, 0.25) is 0 Å². The summed E-state index contributed by atoms with van der Waals surface area (Å²) in [6.45, 7) is 0.709. The largest absolute Gasteiger partial charge is 0.406 e. The van der Waals surface area contributed by atoms with Crippen LogP contribution in [0.25, 0.3) is 0 Å². The fourth-order valence-corrected chi connectivity index (χ4v) is 1.29. The molecule has 0 spiro atoms. The van der Waals surface area contributed by atoms with Crippen molar-refractivity contribution < 1.29 is 18.0 Å². The molecule has 0 aliphatic rings. The molecule has 15 heavy (non-hydrogen) atoms. The van der Waals surface area contributed by atoms with Crippen LogP contribution in [0.5, 0.6) is 0 Å². The first kappa shape index (κ1) is 14.6. The standard InChI is InChI=1S/C9H15ClF3NO/c1-2-6-14(7-9(11,12)13)8(15)4-3-5-10/h2-7H2,1H3. The number of nitrogens with zero attached hydrogens (tertiary/aromatic N) is 1. The molecule has 0 rings (SSSR count). The number of hydrogen-bond donors (Lipinski definition) is 0. The molecule has 0 N–H and O–H groups in total. The molecule has 0 saturated heterocycles. The lowest BCUT2D eigenvalue weighted by atomic mass is 10.3. The maximum Gasteiger partial charge on any atom is 0.406 e. The summed E-state index contributed by atoms with van der Waals surface area (Å²) in [7, 11) is 0. The molecule has 1 amide bonds. The van der Waals surface area contributed by atoms with Gasteiger partial charge in [-0.25, -0.2) is 0 Å². The number of rotatable bonds is 6. The summed E-state index contributed by atoms with van der Waals surface area (Å²) in [4.78, 5) is 12.2. The zero-order chi connectivity index (χ0) is 11.9. The molecule has 0 bridgehead atoms. The highest BCUT2D eigenvalue weighted by atomic mass is 35.5. The van der Waals surface area contributed by atoms with E-state index in [4.69, 9.17) is 11.6 Å². The van der Waals surface area contributed by atoms with Crippen molar-refractivity contribution in [3.8, 4) is 0 Å². The van der Waals surface area contributed by atoms with Gasteiger partial charge in [0.2, 0.25) is 5.91 Å². The minimum absolute atomic E-state index is 0.0829. The second-order valence-electron chi connectivity index (χ2n) is 3.22. The molecule has 0 heterocycles. The Kier molecular flexibility index (Phi) is 6.72. The van der Waals surface area contributed by atoms with Crippen LogP contribution < -0.4 is 0 Å². The van der Waals surface area contributed by atoms with Crippen molar-refractivity contribution in [1.29, 1.82) is 0 Å². The van der Waals surface area contributed by atoms with Gasteiger partial charge in [0.1, 0.15) is 6.54 Å². The Hall–Kier alpha value is -0.450. The highest BCUT2D eigenvalue weighted by Crippen LogP contribution is 2.17. The van der Waals surface area contributed by atoms with E-state index in [9.17, 15) is 18.0 Å². The molecule has 0 aliphatic carbocycles. The molecule has 0 fully saturated rings. The van der Waals surface area contributed by atoms with E-state index in [0.29, 0.717) is 12.8 Å². The fraction of sp³-hybridized carbons (Fsp3) is 0.889. The van der Waals surface area contributed by atoms with E-state index in [0.717, 1.165) is 4.90 Å². The summed E-state index contributed by atoms with van der Waals surface area (Å²) in [5, 5.41) is 0. The number of carbonyl (C=O) groups is 1. The molecule has 0 atom stereocenters. The van der Waals surface area contributed by atoms with Gasteiger partial charge in [0.25, 0.3) is 0 Å². The lowest BCUT2D eigenvalue weighted by Crippen LogP contribution is -2.39. The molecule has 0 saturated carbocycles. The molecule has 0 radical (unpaired) electrons. The number of halogens is 4. The normalized spacial score (nSPS) is 11.5. The van der Waals surface area contributed by atoms with Gasteiger partial charge in [0.05, 0.1) is 0 Å². The predicted octanol–water partition coefficient (Wildman–Crippen LogP) is 2.81. The SMILES string of the molecule is CCCN(CC(F)(F)F)C(=O)CCCCl. The van der Waals surface area contributed by atoms with E-state index in [1.165, 1.54) is 0 Å². The first-order chi connectivity index (χ1) is 6.90. The van der Waals surface area contributed by atoms with Crippen molar-refractivity contribution in [3.05, 3.63) is 0 Å². The Morgan fingerprint density at radius 2 is 2.00 bits per heavy atom. The minimum atomic E-state index is -4.33. The number of alkyl halides is 4. The zero-order valence-corrected chi connectivity index (χ0v) is 9.37. The third-order valence-corrected chi connectivity index (χ3v) is 2.01. The first-order valence-corrected chi connectivity index (χ1v) is 5.34. The Balaban J connectivity index is 4.18. The topological polar surface area (TPSA) is 20.3 Å². The Bertz CT molecular complexity index is 196. The highest BCUT2D eigenvalue weighted by molar-refractivity contribution is 6.17. The van der Waals surface area contributed by atoms with Crippen LogP contribution >= 0.6 is 11.6 Å². The third-order valence-electron chi connectivity index (χ3n) is 1.74. The summed E-state index contributed by atoms with van der Waals surface area (Å²) in [6.07, 6.45) is -3.31. The quantitative estimate of drug-likeness (QED) is 0.659. The molecule has 0 unspecified atom stereocenters. The van der Waals surface area contributed by atoms with E-state index in [1.54, 1.807) is 6.92 Å². The van der Waals surface area contributed by atoms with Crippen molar-refractivity contribution in [2.45, 2.75) is 32.4 Å². The summed E-state index contributed by atoms with van der Waals surface area (Å²) in [6, 6.07) is 0. The van der Waals surface area contributed by atoms with Crippen LogP contribution in [-0.2, 0) is 4.79 Å². The van der Waals surface area contributed by atoms with Gasteiger partial charge < -0.3 is 4.90 Å². The second-order valence-corrected chi connectivity index (χ2v) is 3.60. The number of amides is 1. The van der Waals surface area contributed by atoms with Crippen LogP contribution in [0.4, 0.5) is 13.2 Å². The lowest BCUT2D eigenvalue weighted by Gasteiger charge is -2.23. The molecular weight excluding hydrogens is 231 g/mol. The van der Waals surface area contributed by atoms with Gasteiger partial charge in [-0.3, -0.25) is 4.79 Å². The molecule has 0 aromatic rings. The minimum Gasteiger partial charge on any atom is -0.334 e. The Labute approximate surface area is 92.4 Å². The van der Waals surface area contributed by atoms with Crippen molar-refractivity contribution in [3.63, 3.8) is 0 Å². The van der Waals surface area contributed by atoms with E-state index < -0.39 is 18.6 Å². The number of hydrogen-bond acceptors (Lipinski definition) is 1. The molecule has 0 aliphatic heterocycles. The first-order valence-electron chi connectivity index (χ1n) is 4.81. The molecule has 6 heteroatoms. The maximum atomic E-state index is 12.1. The van der Waals surface area contributed by atoms with Crippen molar-refractivity contribution >= 4 is 17.5 Å². The summed E-state index contributed by atoms with van der Waals surface area (Å²) in [5.41, 5.74) is 0. The molecule has 90 valence electrons. The average molecular weight is 246 g/mol. The van der Waals surface area contributed by atoms with Gasteiger partial charge in [-0.15, -0.1) is 11.6 Å². The molecular formula is C9H15ClF3NO. The smallest absolute Gasteiger partial charge is 0.334 e. The van der Waals surface area contributed by atoms with Crippen molar-refractivity contribution in [2.75, 3.05) is 19.0 Å². The van der Waals surface area contributed by atoms with Crippen LogP contribution in [0.3, 0.4) is 0 Å². The van der Waals surface area contributed by atoms with Crippen LogP contribution in [0, 0.1) is 0 Å². The molecule has 0 aromatic carbocycles. The van der Waals surface area contributed by atoms with Crippen LogP contribution in [-0.4, -0.2) is 36.0 Å². The van der Waals surface area contributed by atoms with Crippen LogP contribution in [0.1, 0.15) is 26.2 Å². The predicted molar refractivity (Wildman–Crippen MR) is 52.9 cm³/mol. The Morgan fingerprint density at radius 1 is 1.40 bits per heavy atom. The van der Waals surface area contributed by atoms with Crippen LogP contribution in [0.15, 0.2) is 0 Å². The van der Waals surface area contributed by atoms with Crippen molar-refractivity contribution in [2.24, 2.45) is 0 Å². The summed E-state index contributed by atoms with van der Waals surface area (Å²) in [5.74, 6) is -0.188. The summed E-state index contributed by atoms with van der Waals surface area (Å²) >= 11 is 5.37. The van der Waals surface area contributed by atoms with Gasteiger partial charge in [0.15, 0.2) is 0 Å². The second kappa shape index (κ2) is 6.93. The third kappa shape index (κ3) is 7.48. The Morgan fingerprint density at radius 3 is 2.40 bits per heavy atom. The zero-order valence-electron chi connectivity index (χ0n) is 8.61. The van der Waals surface area contributed by atoms with Gasteiger partial charge in [-0.2, -0.15) is 13.2 Å². The average Bonchev–Trinajstić information content (AvgIpc) is 2.11. The number of carbonyl (C=O) groups excluding carboxylic acids is 1. The maximum absolute atomic E-state index is 12.1. The van der Waals surface area contributed by atoms with E-state index in [1.807, 2.05) is 0 Å². The van der Waals surface area contributed by atoms with Crippen molar-refractivity contribution in [1.82, 2.24) is 4.90 Å². The lowest BCUT2D eigenvalue weighted by molar-refractivity contribution is -0.161.